The minimum Gasteiger partial charge on any atom is -0.457 e. The molecule has 0 radical (unpaired) electrons. The quantitative estimate of drug-likeness (QED) is 0.239. The van der Waals surface area contributed by atoms with Crippen molar-refractivity contribution in [3.05, 3.63) is 72.8 Å². The molecule has 0 aliphatic carbocycles. The van der Waals surface area contributed by atoms with Gasteiger partial charge in [0.05, 0.1) is 0 Å². The van der Waals surface area contributed by atoms with Gasteiger partial charge >= 0.3 is 11.9 Å². The average molecular weight is 447 g/mol. The fourth-order valence-corrected chi connectivity index (χ4v) is 2.04. The topological polar surface area (TPSA) is 71.1 Å². The van der Waals surface area contributed by atoms with E-state index in [0.29, 0.717) is 22.6 Å². The zero-order valence-electron chi connectivity index (χ0n) is 15.9. The lowest BCUT2D eigenvalue weighted by Crippen LogP contribution is -2.10. The van der Waals surface area contributed by atoms with Gasteiger partial charge in [-0.05, 0) is 49.2 Å². The molecular weight excluding hydrogens is 408 g/mol. The summed E-state index contributed by atoms with van der Waals surface area (Å²) in [6.07, 6.45) is 0. The number of esters is 2. The van der Waals surface area contributed by atoms with Crippen molar-refractivity contribution in [2.75, 3.05) is 13.6 Å². The van der Waals surface area contributed by atoms with E-state index in [1.165, 1.54) is 0 Å². The second-order valence-corrected chi connectivity index (χ2v) is 6.00. The third-order valence-electron chi connectivity index (χ3n) is 3.57. The maximum Gasteiger partial charge on any atom is 0.335 e. The van der Waals surface area contributed by atoms with Crippen molar-refractivity contribution in [3.63, 3.8) is 0 Å². The highest BCUT2D eigenvalue weighted by Crippen LogP contribution is 2.24. The third-order valence-corrected chi connectivity index (χ3v) is 3.57. The van der Waals surface area contributed by atoms with Crippen LogP contribution >= 0.6 is 0 Å². The van der Waals surface area contributed by atoms with Crippen molar-refractivity contribution in [2.24, 2.45) is 0 Å². The Morgan fingerprint density at radius 1 is 0.625 bits per heavy atom. The molecule has 0 fully saturated rings. The molecule has 0 bridgehead atoms. The molecule has 0 unspecified atom stereocenters. The van der Waals surface area contributed by atoms with E-state index in [1.807, 2.05) is 24.3 Å². The summed E-state index contributed by atoms with van der Waals surface area (Å²) >= 11 is 0. The first kappa shape index (κ1) is 33.1. The number of hydrogen-bond donors (Lipinski definition) is 0. The van der Waals surface area contributed by atoms with Crippen LogP contribution in [0.3, 0.4) is 0 Å². The molecule has 32 heavy (non-hydrogen) atoms. The van der Waals surface area contributed by atoms with E-state index < -0.39 is 11.9 Å². The lowest BCUT2D eigenvalue weighted by atomic mass is 10.1. The summed E-state index contributed by atoms with van der Waals surface area (Å²) < 4.78 is 20.5. The molecule has 6 heteroatoms. The van der Waals surface area contributed by atoms with Crippen molar-refractivity contribution >= 4 is 11.9 Å². The van der Waals surface area contributed by atoms with Crippen molar-refractivity contribution in [1.82, 2.24) is 0 Å². The Balaban J connectivity index is -0.00000210. The molecule has 2 aromatic rings. The van der Waals surface area contributed by atoms with Crippen LogP contribution in [-0.2, 0) is 19.1 Å². The van der Waals surface area contributed by atoms with E-state index in [2.05, 4.69) is 13.2 Å². The van der Waals surface area contributed by atoms with Gasteiger partial charge < -0.3 is 18.9 Å². The van der Waals surface area contributed by atoms with Crippen LogP contribution in [0.4, 0.5) is 0 Å². The molecule has 0 N–H and O–H groups in total. The molecule has 0 saturated carbocycles. The maximum atomic E-state index is 11.3. The monoisotopic (exact) mass is 446 g/mol. The van der Waals surface area contributed by atoms with Crippen molar-refractivity contribution in [2.45, 2.75) is 43.6 Å². The number of benzene rings is 2. The van der Waals surface area contributed by atoms with Crippen molar-refractivity contribution in [3.8, 4) is 22.6 Å². The van der Waals surface area contributed by atoms with E-state index >= 15 is 0 Å². The summed E-state index contributed by atoms with van der Waals surface area (Å²) in [6, 6.07) is 14.7. The van der Waals surface area contributed by atoms with Gasteiger partial charge in [0.1, 0.15) is 11.5 Å². The van der Waals surface area contributed by atoms with Gasteiger partial charge in [0.15, 0.2) is 0 Å². The minimum atomic E-state index is -0.492. The van der Waals surface area contributed by atoms with Crippen LogP contribution in [0.15, 0.2) is 72.8 Å². The maximum absolute atomic E-state index is 11.3. The first-order valence-electron chi connectivity index (χ1n) is 8.48. The third kappa shape index (κ3) is 10.5. The molecule has 178 valence electrons. The van der Waals surface area contributed by atoms with Gasteiger partial charge in [0.2, 0.25) is 13.6 Å². The fraction of sp³-hybridized carbons (Fsp3) is 0.308. The summed E-state index contributed by atoms with van der Waals surface area (Å²) in [5.41, 5.74) is 2.60. The highest BCUT2D eigenvalue weighted by Gasteiger charge is 2.05. The lowest BCUT2D eigenvalue weighted by Gasteiger charge is -2.09. The molecule has 0 atom stereocenters. The molecule has 0 saturated heterocycles. The van der Waals surface area contributed by atoms with Gasteiger partial charge in [-0.3, -0.25) is 0 Å². The molecule has 0 heterocycles. The largest absolute Gasteiger partial charge is 0.457 e. The lowest BCUT2D eigenvalue weighted by molar-refractivity contribution is -0.146. The van der Waals surface area contributed by atoms with Crippen molar-refractivity contribution < 1.29 is 28.5 Å². The molecule has 0 aliphatic heterocycles. The van der Waals surface area contributed by atoms with Gasteiger partial charge in [-0.1, -0.05) is 67.1 Å². The smallest absolute Gasteiger partial charge is 0.335 e. The van der Waals surface area contributed by atoms with E-state index in [0.717, 1.165) is 11.1 Å². The van der Waals surface area contributed by atoms with Crippen LogP contribution in [-0.4, -0.2) is 25.5 Å². The molecule has 0 aromatic heterocycles. The average Bonchev–Trinajstić information content (AvgIpc) is 2.68. The van der Waals surface area contributed by atoms with Gasteiger partial charge in [-0.2, -0.15) is 0 Å². The van der Waals surface area contributed by atoms with E-state index in [1.54, 1.807) is 38.1 Å². The summed E-state index contributed by atoms with van der Waals surface area (Å²) in [5, 5.41) is 0. The highest BCUT2D eigenvalue weighted by molar-refractivity contribution is 5.87. The molecule has 0 amide bonds. The number of rotatable bonds is 9. The Kier molecular flexibility index (Phi) is 16.8. The molecule has 2 aromatic carbocycles. The predicted molar refractivity (Wildman–Crippen MR) is 132 cm³/mol. The van der Waals surface area contributed by atoms with E-state index in [-0.39, 0.29) is 43.3 Å². The normalized spacial score (nSPS) is 8.69. The zero-order chi connectivity index (χ0) is 20.5. The summed E-state index contributed by atoms with van der Waals surface area (Å²) in [4.78, 5) is 22.6. The van der Waals surface area contributed by atoms with Crippen LogP contribution in [0.5, 0.6) is 11.5 Å². The Hall–Kier alpha value is -3.54. The number of carbonyl (C=O) groups excluding carboxylic acids is 2. The van der Waals surface area contributed by atoms with Crippen LogP contribution in [0.2, 0.25) is 0 Å². The van der Waals surface area contributed by atoms with Crippen LogP contribution in [0.25, 0.3) is 11.1 Å². The second-order valence-electron chi connectivity index (χ2n) is 6.00. The predicted octanol–water partition coefficient (Wildman–Crippen LogP) is 6.81. The Labute approximate surface area is 193 Å². The molecule has 2 rings (SSSR count). The van der Waals surface area contributed by atoms with Gasteiger partial charge in [0.25, 0.3) is 0 Å². The van der Waals surface area contributed by atoms with Gasteiger partial charge in [0, 0.05) is 11.1 Å². The molecule has 0 spiro atoms. The SMILES string of the molecule is C.C.C.C.C=C(C)C(=O)OCOc1ccc(-c2ccc(OCOC(=O)C(=C)C)cc2)cc1. The highest BCUT2D eigenvalue weighted by atomic mass is 16.7. The second kappa shape index (κ2) is 16.2. The minimum absolute atomic E-state index is 0. The summed E-state index contributed by atoms with van der Waals surface area (Å²) in [5.74, 6) is 0.178. The van der Waals surface area contributed by atoms with Gasteiger partial charge in [-0.15, -0.1) is 0 Å². The Morgan fingerprint density at radius 3 is 1.16 bits per heavy atom. The fourth-order valence-electron chi connectivity index (χ4n) is 2.04. The number of hydrogen-bond acceptors (Lipinski definition) is 6. The van der Waals surface area contributed by atoms with Crippen LogP contribution < -0.4 is 9.47 Å². The molecular formula is C26H38O6. The first-order chi connectivity index (χ1) is 13.4. The van der Waals surface area contributed by atoms with Crippen LogP contribution in [0.1, 0.15) is 43.6 Å². The van der Waals surface area contributed by atoms with Gasteiger partial charge in [-0.25, -0.2) is 9.59 Å². The number of ether oxygens (including phenoxy) is 4. The Morgan fingerprint density at radius 2 is 0.906 bits per heavy atom. The summed E-state index contributed by atoms with van der Waals surface area (Å²) in [6.45, 7) is 9.79. The van der Waals surface area contributed by atoms with Crippen LogP contribution in [0, 0.1) is 0 Å². The zero-order valence-corrected chi connectivity index (χ0v) is 15.9. The van der Waals surface area contributed by atoms with E-state index in [9.17, 15) is 9.59 Å². The van der Waals surface area contributed by atoms with Crippen molar-refractivity contribution in [1.29, 1.82) is 0 Å². The number of carbonyl (C=O) groups is 2. The summed E-state index contributed by atoms with van der Waals surface area (Å²) in [7, 11) is 0. The standard InChI is InChI=1S/C22H22O6.4CH4/c1-15(2)21(23)27-13-25-19-9-5-17(6-10-19)18-7-11-20(12-8-18)26-14-28-22(24)16(3)4;;;;/h5-12H,1,3,13-14H2,2,4H3;4*1H4. The van der Waals surface area contributed by atoms with E-state index in [4.69, 9.17) is 18.9 Å². The molecule has 6 nitrogen and oxygen atoms in total. The molecule has 0 aliphatic rings. The first-order valence-corrected chi connectivity index (χ1v) is 8.48. The Bertz CT molecular complexity index is 777.